The summed E-state index contributed by atoms with van der Waals surface area (Å²) in [5.74, 6) is -0.422. The van der Waals surface area contributed by atoms with Gasteiger partial charge in [0, 0.05) is 6.07 Å². The molecule has 1 aromatic heterocycles. The summed E-state index contributed by atoms with van der Waals surface area (Å²) in [6.45, 7) is 6.15. The molecule has 0 saturated heterocycles. The molecule has 0 bridgehead atoms. The number of urea groups is 1. The van der Waals surface area contributed by atoms with Gasteiger partial charge in [-0.25, -0.2) is 14.6 Å². The minimum atomic E-state index is -1.05. The molecule has 7 nitrogen and oxygen atoms in total. The van der Waals surface area contributed by atoms with Crippen molar-refractivity contribution < 1.29 is 19.4 Å². The average Bonchev–Trinajstić information content (AvgIpc) is 2.40. The number of carbonyl (C=O) groups excluding carboxylic acids is 1. The highest BCUT2D eigenvalue weighted by molar-refractivity contribution is 5.92. The van der Waals surface area contributed by atoms with Crippen LogP contribution in [0.1, 0.15) is 27.2 Å². The van der Waals surface area contributed by atoms with Crippen molar-refractivity contribution in [2.24, 2.45) is 5.92 Å². The maximum atomic E-state index is 11.8. The Morgan fingerprint density at radius 2 is 2.10 bits per heavy atom. The lowest BCUT2D eigenvalue weighted by Crippen LogP contribution is -2.43. The van der Waals surface area contributed by atoms with Crippen LogP contribution in [0.3, 0.4) is 0 Å². The molecule has 0 saturated carbocycles. The number of pyridine rings is 1. The van der Waals surface area contributed by atoms with Crippen molar-refractivity contribution in [1.29, 1.82) is 0 Å². The molecule has 7 heteroatoms. The Balaban J connectivity index is 2.57. The van der Waals surface area contributed by atoms with E-state index < -0.39 is 18.0 Å². The second kappa shape index (κ2) is 8.08. The molecule has 0 aliphatic carbocycles. The monoisotopic (exact) mass is 295 g/mol. The van der Waals surface area contributed by atoms with Crippen LogP contribution in [0.2, 0.25) is 0 Å². The number of amides is 2. The highest BCUT2D eigenvalue weighted by Crippen LogP contribution is 2.11. The van der Waals surface area contributed by atoms with Crippen molar-refractivity contribution in [3.8, 4) is 5.88 Å². The number of anilines is 1. The number of nitrogens with one attached hydrogen (secondary N) is 2. The van der Waals surface area contributed by atoms with Crippen LogP contribution in [0.4, 0.5) is 10.5 Å². The Labute approximate surface area is 123 Å². The number of carboxylic acids is 1. The highest BCUT2D eigenvalue weighted by Gasteiger charge is 2.21. The van der Waals surface area contributed by atoms with Gasteiger partial charge < -0.3 is 20.5 Å². The van der Waals surface area contributed by atoms with Gasteiger partial charge in [-0.15, -0.1) is 0 Å². The fourth-order valence-electron chi connectivity index (χ4n) is 1.71. The van der Waals surface area contributed by atoms with Gasteiger partial charge in [0.05, 0.1) is 18.5 Å². The molecule has 0 fully saturated rings. The molecular formula is C14H21N3O4. The van der Waals surface area contributed by atoms with Crippen LogP contribution in [0, 0.1) is 5.92 Å². The lowest BCUT2D eigenvalue weighted by molar-refractivity contribution is -0.139. The van der Waals surface area contributed by atoms with Crippen molar-refractivity contribution in [3.05, 3.63) is 18.3 Å². The average molecular weight is 295 g/mol. The minimum Gasteiger partial charge on any atom is -0.480 e. The summed E-state index contributed by atoms with van der Waals surface area (Å²) in [4.78, 5) is 26.8. The van der Waals surface area contributed by atoms with E-state index >= 15 is 0 Å². The van der Waals surface area contributed by atoms with E-state index in [1.165, 1.54) is 6.20 Å². The molecule has 1 aromatic rings. The molecule has 1 unspecified atom stereocenters. The molecule has 0 spiro atoms. The predicted octanol–water partition coefficient (Wildman–Crippen LogP) is 2.10. The zero-order valence-corrected chi connectivity index (χ0v) is 12.4. The van der Waals surface area contributed by atoms with E-state index in [0.717, 1.165) is 0 Å². The van der Waals surface area contributed by atoms with Gasteiger partial charge in [0.15, 0.2) is 0 Å². The van der Waals surface area contributed by atoms with Gasteiger partial charge in [-0.1, -0.05) is 13.8 Å². The number of aliphatic carboxylic acids is 1. The number of aromatic nitrogens is 1. The van der Waals surface area contributed by atoms with E-state index in [2.05, 4.69) is 15.6 Å². The lowest BCUT2D eigenvalue weighted by Gasteiger charge is -2.16. The normalized spacial score (nSPS) is 11.8. The molecule has 1 rings (SSSR count). The Hall–Kier alpha value is -2.31. The topological polar surface area (TPSA) is 101 Å². The minimum absolute atomic E-state index is 0.165. The maximum absolute atomic E-state index is 11.8. The molecular weight excluding hydrogens is 274 g/mol. The summed E-state index contributed by atoms with van der Waals surface area (Å²) in [5.41, 5.74) is 0.463. The third kappa shape index (κ3) is 6.11. The van der Waals surface area contributed by atoms with Crippen molar-refractivity contribution >= 4 is 17.7 Å². The zero-order chi connectivity index (χ0) is 15.8. The van der Waals surface area contributed by atoms with Gasteiger partial charge in [0.2, 0.25) is 5.88 Å². The second-order valence-corrected chi connectivity index (χ2v) is 4.94. The number of rotatable bonds is 7. The number of hydrogen-bond acceptors (Lipinski definition) is 4. The molecule has 1 heterocycles. The van der Waals surface area contributed by atoms with Crippen LogP contribution in [0.15, 0.2) is 18.3 Å². The fourth-order valence-corrected chi connectivity index (χ4v) is 1.71. The summed E-state index contributed by atoms with van der Waals surface area (Å²) in [5, 5.41) is 14.0. The Bertz CT molecular complexity index is 474. The third-order valence-electron chi connectivity index (χ3n) is 2.60. The van der Waals surface area contributed by atoms with Gasteiger partial charge >= 0.3 is 12.0 Å². The molecule has 2 amide bonds. The maximum Gasteiger partial charge on any atom is 0.326 e. The van der Waals surface area contributed by atoms with Gasteiger partial charge in [-0.05, 0) is 25.3 Å². The van der Waals surface area contributed by atoms with Crippen LogP contribution in [0.5, 0.6) is 5.88 Å². The quantitative estimate of drug-likeness (QED) is 0.715. The Morgan fingerprint density at radius 3 is 2.57 bits per heavy atom. The largest absolute Gasteiger partial charge is 0.480 e. The van der Waals surface area contributed by atoms with Crippen LogP contribution in [-0.4, -0.2) is 34.7 Å². The van der Waals surface area contributed by atoms with Crippen molar-refractivity contribution in [2.45, 2.75) is 33.2 Å². The Kier molecular flexibility index (Phi) is 6.45. The molecule has 0 aromatic carbocycles. The zero-order valence-electron chi connectivity index (χ0n) is 12.4. The SMILES string of the molecule is CCOc1ccc(NC(=O)NC(CC(C)C)C(=O)O)cn1. The van der Waals surface area contributed by atoms with Crippen molar-refractivity contribution in [3.63, 3.8) is 0 Å². The second-order valence-electron chi connectivity index (χ2n) is 4.94. The molecule has 0 aliphatic rings. The lowest BCUT2D eigenvalue weighted by atomic mass is 10.0. The number of nitrogens with zero attached hydrogens (tertiary/aromatic N) is 1. The molecule has 116 valence electrons. The van der Waals surface area contributed by atoms with Gasteiger partial charge in [0.1, 0.15) is 6.04 Å². The first-order valence-corrected chi connectivity index (χ1v) is 6.81. The van der Waals surface area contributed by atoms with Crippen molar-refractivity contribution in [2.75, 3.05) is 11.9 Å². The molecule has 21 heavy (non-hydrogen) atoms. The first-order valence-electron chi connectivity index (χ1n) is 6.81. The van der Waals surface area contributed by atoms with Crippen LogP contribution in [-0.2, 0) is 4.79 Å². The summed E-state index contributed by atoms with van der Waals surface area (Å²) in [6.07, 6.45) is 1.81. The smallest absolute Gasteiger partial charge is 0.326 e. The van der Waals surface area contributed by atoms with E-state index in [4.69, 9.17) is 9.84 Å². The van der Waals surface area contributed by atoms with E-state index in [9.17, 15) is 9.59 Å². The molecule has 3 N–H and O–H groups in total. The van der Waals surface area contributed by atoms with Crippen LogP contribution >= 0.6 is 0 Å². The first-order chi connectivity index (χ1) is 9.92. The van der Waals surface area contributed by atoms with Gasteiger partial charge in [-0.3, -0.25) is 0 Å². The first kappa shape index (κ1) is 16.7. The van der Waals surface area contributed by atoms with Crippen molar-refractivity contribution in [1.82, 2.24) is 10.3 Å². The summed E-state index contributed by atoms with van der Waals surface area (Å²) in [7, 11) is 0. The number of carboxylic acid groups (broad SMARTS) is 1. The van der Waals surface area contributed by atoms with Gasteiger partial charge in [0.25, 0.3) is 0 Å². The molecule has 0 aliphatic heterocycles. The number of hydrogen-bond donors (Lipinski definition) is 3. The summed E-state index contributed by atoms with van der Waals surface area (Å²) < 4.78 is 5.19. The Morgan fingerprint density at radius 1 is 1.38 bits per heavy atom. The summed E-state index contributed by atoms with van der Waals surface area (Å²) >= 11 is 0. The summed E-state index contributed by atoms with van der Waals surface area (Å²) in [6, 6.07) is 1.77. The fraction of sp³-hybridized carbons (Fsp3) is 0.500. The number of carbonyl (C=O) groups is 2. The van der Waals surface area contributed by atoms with Crippen LogP contribution in [0.25, 0.3) is 0 Å². The van der Waals surface area contributed by atoms with Crippen LogP contribution < -0.4 is 15.4 Å². The third-order valence-corrected chi connectivity index (χ3v) is 2.60. The predicted molar refractivity (Wildman–Crippen MR) is 78.4 cm³/mol. The van der Waals surface area contributed by atoms with E-state index in [1.54, 1.807) is 12.1 Å². The van der Waals surface area contributed by atoms with E-state index in [-0.39, 0.29) is 5.92 Å². The van der Waals surface area contributed by atoms with E-state index in [0.29, 0.717) is 24.6 Å². The molecule has 0 radical (unpaired) electrons. The van der Waals surface area contributed by atoms with Gasteiger partial charge in [-0.2, -0.15) is 0 Å². The molecule has 1 atom stereocenters. The number of ether oxygens (including phenoxy) is 1. The van der Waals surface area contributed by atoms with E-state index in [1.807, 2.05) is 20.8 Å². The standard InChI is InChI=1S/C14H21N3O4/c1-4-21-12-6-5-10(8-15-12)16-14(20)17-11(13(18)19)7-9(2)3/h5-6,8-9,11H,4,7H2,1-3H3,(H,18,19)(H2,16,17,20). The highest BCUT2D eigenvalue weighted by atomic mass is 16.5.